The van der Waals surface area contributed by atoms with Crippen molar-refractivity contribution in [3.05, 3.63) is 0 Å². The lowest BCUT2D eigenvalue weighted by Crippen LogP contribution is -2.36. The SMILES string of the molecule is COC(CS(=O)(=O)O)NC=O. The maximum Gasteiger partial charge on any atom is 0.269 e. The number of nitrogens with one attached hydrogen (secondary N) is 1. The molecule has 0 aliphatic rings. The first-order valence-corrected chi connectivity index (χ1v) is 4.28. The zero-order chi connectivity index (χ0) is 8.91. The summed E-state index contributed by atoms with van der Waals surface area (Å²) in [6.07, 6.45) is -0.707. The van der Waals surface area contributed by atoms with Crippen LogP contribution in [0, 0.1) is 0 Å². The largest absolute Gasteiger partial charge is 0.361 e. The lowest BCUT2D eigenvalue weighted by atomic mass is 10.6. The third-order valence-corrected chi connectivity index (χ3v) is 1.62. The molecule has 66 valence electrons. The number of carbonyl (C=O) groups is 1. The minimum atomic E-state index is -4.10. The highest BCUT2D eigenvalue weighted by molar-refractivity contribution is 7.85. The van der Waals surface area contributed by atoms with Gasteiger partial charge in [0.2, 0.25) is 6.41 Å². The fourth-order valence-electron chi connectivity index (χ4n) is 0.451. The minimum Gasteiger partial charge on any atom is -0.361 e. The van der Waals surface area contributed by atoms with Gasteiger partial charge in [-0.05, 0) is 0 Å². The minimum absolute atomic E-state index is 0.291. The monoisotopic (exact) mass is 183 g/mol. The van der Waals surface area contributed by atoms with Crippen molar-refractivity contribution in [3.8, 4) is 0 Å². The third-order valence-electron chi connectivity index (χ3n) is 0.900. The highest BCUT2D eigenvalue weighted by Crippen LogP contribution is 1.89. The summed E-state index contributed by atoms with van der Waals surface area (Å²) in [6, 6.07) is 0. The molecule has 1 unspecified atom stereocenters. The fourth-order valence-corrected chi connectivity index (χ4v) is 1.07. The Bertz CT molecular complexity index is 211. The molecule has 0 aromatic rings. The molecule has 0 spiro atoms. The van der Waals surface area contributed by atoms with E-state index in [0.717, 1.165) is 0 Å². The summed E-state index contributed by atoms with van der Waals surface area (Å²) in [7, 11) is -2.89. The van der Waals surface area contributed by atoms with Crippen LogP contribution in [-0.2, 0) is 19.6 Å². The van der Waals surface area contributed by atoms with E-state index in [1.54, 1.807) is 0 Å². The number of hydrogen-bond acceptors (Lipinski definition) is 4. The van der Waals surface area contributed by atoms with Crippen molar-refractivity contribution in [1.82, 2.24) is 5.32 Å². The average molecular weight is 183 g/mol. The molecule has 0 aliphatic carbocycles. The molecule has 6 nitrogen and oxygen atoms in total. The van der Waals surface area contributed by atoms with Crippen LogP contribution in [0.1, 0.15) is 0 Å². The molecular weight excluding hydrogens is 174 g/mol. The van der Waals surface area contributed by atoms with E-state index < -0.39 is 22.1 Å². The number of amides is 1. The fraction of sp³-hybridized carbons (Fsp3) is 0.750. The maximum atomic E-state index is 10.2. The van der Waals surface area contributed by atoms with Crippen molar-refractivity contribution in [3.63, 3.8) is 0 Å². The Kier molecular flexibility index (Phi) is 4.01. The van der Waals surface area contributed by atoms with Gasteiger partial charge in [0.25, 0.3) is 10.1 Å². The second-order valence-corrected chi connectivity index (χ2v) is 3.25. The topological polar surface area (TPSA) is 92.7 Å². The molecule has 0 rings (SSSR count). The first-order chi connectivity index (χ1) is 4.99. The van der Waals surface area contributed by atoms with Crippen LogP contribution in [0.15, 0.2) is 0 Å². The van der Waals surface area contributed by atoms with Crippen molar-refractivity contribution in [2.24, 2.45) is 0 Å². The Morgan fingerprint density at radius 2 is 2.27 bits per heavy atom. The molecule has 2 N–H and O–H groups in total. The molecule has 0 radical (unpaired) electrons. The quantitative estimate of drug-likeness (QED) is 0.310. The van der Waals surface area contributed by atoms with Gasteiger partial charge in [-0.25, -0.2) is 0 Å². The van der Waals surface area contributed by atoms with Gasteiger partial charge in [0, 0.05) is 7.11 Å². The number of rotatable bonds is 5. The molecule has 0 heterocycles. The van der Waals surface area contributed by atoms with Crippen molar-refractivity contribution < 1.29 is 22.5 Å². The van der Waals surface area contributed by atoms with Crippen molar-refractivity contribution in [1.29, 1.82) is 0 Å². The Hall–Kier alpha value is -0.660. The molecular formula is C4H9NO5S. The van der Waals surface area contributed by atoms with Gasteiger partial charge in [-0.3, -0.25) is 9.35 Å². The van der Waals surface area contributed by atoms with Crippen LogP contribution in [-0.4, -0.2) is 38.5 Å². The Morgan fingerprint density at radius 1 is 1.73 bits per heavy atom. The number of carbonyl (C=O) groups excluding carboxylic acids is 1. The Morgan fingerprint density at radius 3 is 2.55 bits per heavy atom. The normalized spacial score (nSPS) is 14.0. The molecule has 0 bridgehead atoms. The molecule has 0 aromatic heterocycles. The molecule has 0 aromatic carbocycles. The van der Waals surface area contributed by atoms with E-state index in [4.69, 9.17) is 4.55 Å². The van der Waals surface area contributed by atoms with Crippen LogP contribution in [0.3, 0.4) is 0 Å². The predicted molar refractivity (Wildman–Crippen MR) is 36.4 cm³/mol. The van der Waals surface area contributed by atoms with Crippen LogP contribution in [0.2, 0.25) is 0 Å². The van der Waals surface area contributed by atoms with Crippen LogP contribution in [0.25, 0.3) is 0 Å². The Labute approximate surface area is 64.3 Å². The average Bonchev–Trinajstić information content (AvgIpc) is 1.84. The molecule has 7 heteroatoms. The molecule has 1 atom stereocenters. The molecule has 0 saturated heterocycles. The van der Waals surface area contributed by atoms with Crippen molar-refractivity contribution in [2.45, 2.75) is 6.23 Å². The summed E-state index contributed by atoms with van der Waals surface area (Å²) < 4.78 is 33.2. The molecule has 0 aliphatic heterocycles. The van der Waals surface area contributed by atoms with Gasteiger partial charge >= 0.3 is 0 Å². The lowest BCUT2D eigenvalue weighted by Gasteiger charge is -2.10. The van der Waals surface area contributed by atoms with Gasteiger partial charge in [0.1, 0.15) is 12.0 Å². The standard InChI is InChI=1S/C4H9NO5S/c1-10-4(5-3-6)2-11(7,8)9/h3-4H,2H2,1H3,(H,5,6)(H,7,8,9). The summed E-state index contributed by atoms with van der Waals surface area (Å²) in [5.41, 5.74) is 0. The van der Waals surface area contributed by atoms with Gasteiger partial charge in [-0.2, -0.15) is 8.42 Å². The van der Waals surface area contributed by atoms with Gasteiger partial charge in [0.15, 0.2) is 0 Å². The second kappa shape index (κ2) is 4.27. The van der Waals surface area contributed by atoms with E-state index in [1.165, 1.54) is 7.11 Å². The first-order valence-electron chi connectivity index (χ1n) is 2.67. The summed E-state index contributed by atoms with van der Waals surface area (Å²) in [5, 5.41) is 2.05. The predicted octanol–water partition coefficient (Wildman–Crippen LogP) is -1.41. The smallest absolute Gasteiger partial charge is 0.269 e. The molecule has 0 saturated carbocycles. The van der Waals surface area contributed by atoms with E-state index >= 15 is 0 Å². The summed E-state index contributed by atoms with van der Waals surface area (Å²) in [5.74, 6) is -0.651. The number of ether oxygens (including phenoxy) is 1. The van der Waals surface area contributed by atoms with E-state index in [-0.39, 0.29) is 0 Å². The molecule has 11 heavy (non-hydrogen) atoms. The van der Waals surface area contributed by atoms with Crippen LogP contribution < -0.4 is 5.32 Å². The van der Waals surface area contributed by atoms with E-state index in [2.05, 4.69) is 4.74 Å². The maximum absolute atomic E-state index is 10.2. The highest BCUT2D eigenvalue weighted by Gasteiger charge is 2.14. The van der Waals surface area contributed by atoms with Crippen LogP contribution >= 0.6 is 0 Å². The van der Waals surface area contributed by atoms with Gasteiger partial charge in [-0.15, -0.1) is 0 Å². The van der Waals surface area contributed by atoms with Gasteiger partial charge in [0.05, 0.1) is 0 Å². The Balaban J connectivity index is 3.98. The number of methoxy groups -OCH3 is 1. The van der Waals surface area contributed by atoms with Gasteiger partial charge < -0.3 is 10.1 Å². The lowest BCUT2D eigenvalue weighted by molar-refractivity contribution is -0.112. The van der Waals surface area contributed by atoms with Crippen LogP contribution in [0.5, 0.6) is 0 Å². The summed E-state index contributed by atoms with van der Waals surface area (Å²) in [6.45, 7) is 0. The van der Waals surface area contributed by atoms with Gasteiger partial charge in [-0.1, -0.05) is 0 Å². The third kappa shape index (κ3) is 5.77. The zero-order valence-electron chi connectivity index (χ0n) is 5.85. The highest BCUT2D eigenvalue weighted by atomic mass is 32.2. The van der Waals surface area contributed by atoms with E-state index in [0.29, 0.717) is 6.41 Å². The van der Waals surface area contributed by atoms with E-state index in [1.807, 2.05) is 5.32 Å². The van der Waals surface area contributed by atoms with E-state index in [9.17, 15) is 13.2 Å². The molecule has 1 amide bonds. The van der Waals surface area contributed by atoms with Crippen LogP contribution in [0.4, 0.5) is 0 Å². The van der Waals surface area contributed by atoms with Crippen molar-refractivity contribution >= 4 is 16.5 Å². The second-order valence-electron chi connectivity index (χ2n) is 1.76. The summed E-state index contributed by atoms with van der Waals surface area (Å²) in [4.78, 5) is 9.79. The number of hydrogen-bond donors (Lipinski definition) is 2. The molecule has 0 fully saturated rings. The van der Waals surface area contributed by atoms with Crippen molar-refractivity contribution in [2.75, 3.05) is 12.9 Å². The zero-order valence-corrected chi connectivity index (χ0v) is 6.67. The summed E-state index contributed by atoms with van der Waals surface area (Å²) >= 11 is 0. The first kappa shape index (κ1) is 10.3.